The fourth-order valence-corrected chi connectivity index (χ4v) is 5.65. The highest BCUT2D eigenvalue weighted by Crippen LogP contribution is 2.46. The van der Waals surface area contributed by atoms with Gasteiger partial charge in [-0.15, -0.1) is 5.10 Å². The molecule has 1 aliphatic heterocycles. The maximum Gasteiger partial charge on any atom is 0.264 e. The first-order valence-corrected chi connectivity index (χ1v) is 15.1. The summed E-state index contributed by atoms with van der Waals surface area (Å²) in [4.78, 5) is 27.2. The van der Waals surface area contributed by atoms with Crippen LogP contribution in [-0.4, -0.2) is 54.8 Å². The van der Waals surface area contributed by atoms with Crippen LogP contribution < -0.4 is 10.2 Å². The van der Waals surface area contributed by atoms with E-state index in [0.717, 1.165) is 11.1 Å². The average molecular weight is 630 g/mol. The number of anilines is 2. The lowest BCUT2D eigenvalue weighted by Gasteiger charge is -2.27. The van der Waals surface area contributed by atoms with Crippen molar-refractivity contribution in [1.29, 1.82) is 0 Å². The predicted molar refractivity (Wildman–Crippen MR) is 172 cm³/mol. The van der Waals surface area contributed by atoms with E-state index in [2.05, 4.69) is 15.6 Å². The molecule has 10 nitrogen and oxygen atoms in total. The quantitative estimate of drug-likeness (QED) is 0.170. The predicted octanol–water partition coefficient (Wildman–Crippen LogP) is 4.39. The Hall–Kier alpha value is -4.35. The molecule has 4 N–H and O–H groups in total. The van der Waals surface area contributed by atoms with Crippen molar-refractivity contribution in [3.05, 3.63) is 119 Å². The molecule has 2 amide bonds. The van der Waals surface area contributed by atoms with Crippen molar-refractivity contribution in [3.8, 4) is 0 Å². The lowest BCUT2D eigenvalue weighted by molar-refractivity contribution is -0.139. The molecule has 0 radical (unpaired) electrons. The molecule has 4 atom stereocenters. The number of fused-ring (bicyclic) bond motifs is 1. The highest BCUT2D eigenvalue weighted by molar-refractivity contribution is 6.31. The Bertz CT molecular complexity index is 1670. The first kappa shape index (κ1) is 32.1. The number of halogens is 1. The Morgan fingerprint density at radius 1 is 1.09 bits per heavy atom. The standard InChI is InChI=1S/C34H36ClN5O5/c1-22(8-6-7-17-39-20-30(37-38-39)28(21-41)25-9-4-3-5-10-25)34(45)29-18-26(35)13-16-31(29)40(33(34)44)19-24-11-14-27(15-12-24)36-32(43)23(2)42/h3-6,8-16,18,20,22-23,28,41-42,45H,7,17,19,21H2,1-2H3,(H,36,43)/b8-6+/t22-,23-,28?,34+/m0/s1. The third-order valence-corrected chi connectivity index (χ3v) is 8.31. The number of carbonyl (C=O) groups is 2. The van der Waals surface area contributed by atoms with Gasteiger partial charge in [-0.25, -0.2) is 0 Å². The zero-order valence-electron chi connectivity index (χ0n) is 25.0. The van der Waals surface area contributed by atoms with Gasteiger partial charge in [0.1, 0.15) is 6.10 Å². The molecule has 0 bridgehead atoms. The van der Waals surface area contributed by atoms with E-state index >= 15 is 0 Å². The van der Waals surface area contributed by atoms with Crippen LogP contribution in [0, 0.1) is 5.92 Å². The zero-order valence-corrected chi connectivity index (χ0v) is 25.8. The number of aliphatic hydroxyl groups excluding tert-OH is 2. The number of carbonyl (C=O) groups excluding carboxylic acids is 2. The van der Waals surface area contributed by atoms with Crippen LogP contribution in [0.15, 0.2) is 91.1 Å². The van der Waals surface area contributed by atoms with Crippen LogP contribution in [0.2, 0.25) is 5.02 Å². The molecule has 0 spiro atoms. The lowest BCUT2D eigenvalue weighted by atomic mass is 9.83. The van der Waals surface area contributed by atoms with Crippen molar-refractivity contribution in [2.45, 2.75) is 51.0 Å². The van der Waals surface area contributed by atoms with Crippen LogP contribution >= 0.6 is 11.6 Å². The Kier molecular flexibility index (Phi) is 9.79. The van der Waals surface area contributed by atoms with Gasteiger partial charge in [-0.3, -0.25) is 14.3 Å². The van der Waals surface area contributed by atoms with Gasteiger partial charge in [0.25, 0.3) is 11.8 Å². The Morgan fingerprint density at radius 3 is 2.51 bits per heavy atom. The van der Waals surface area contributed by atoms with Gasteiger partial charge in [0.2, 0.25) is 0 Å². The van der Waals surface area contributed by atoms with Crippen LogP contribution in [0.25, 0.3) is 0 Å². The van der Waals surface area contributed by atoms with E-state index in [1.54, 1.807) is 59.0 Å². The number of nitrogens with one attached hydrogen (secondary N) is 1. The Morgan fingerprint density at radius 2 is 1.82 bits per heavy atom. The molecule has 3 aromatic carbocycles. The number of aryl methyl sites for hydroxylation is 1. The molecule has 1 aromatic heterocycles. The number of hydrogen-bond acceptors (Lipinski definition) is 7. The molecule has 0 fully saturated rings. The van der Waals surface area contributed by atoms with Crippen LogP contribution in [0.4, 0.5) is 11.4 Å². The number of nitrogens with zero attached hydrogens (tertiary/aromatic N) is 4. The van der Waals surface area contributed by atoms with E-state index in [9.17, 15) is 24.9 Å². The van der Waals surface area contributed by atoms with E-state index in [4.69, 9.17) is 11.6 Å². The van der Waals surface area contributed by atoms with E-state index in [-0.39, 0.29) is 19.1 Å². The molecular formula is C34H36ClN5O5. The minimum Gasteiger partial charge on any atom is -0.395 e. The largest absolute Gasteiger partial charge is 0.395 e. The number of benzene rings is 3. The number of aromatic nitrogens is 3. The monoisotopic (exact) mass is 629 g/mol. The van der Waals surface area contributed by atoms with Gasteiger partial charge in [-0.2, -0.15) is 0 Å². The fourth-order valence-electron chi connectivity index (χ4n) is 5.48. The summed E-state index contributed by atoms with van der Waals surface area (Å²) in [7, 11) is 0. The fraction of sp³-hybridized carbons (Fsp3) is 0.294. The van der Waals surface area contributed by atoms with Crippen molar-refractivity contribution >= 4 is 34.8 Å². The van der Waals surface area contributed by atoms with Crippen LogP contribution in [0.3, 0.4) is 0 Å². The number of aliphatic hydroxyl groups is 3. The second kappa shape index (κ2) is 13.7. The van der Waals surface area contributed by atoms with Gasteiger partial charge in [-0.1, -0.05) is 78.4 Å². The van der Waals surface area contributed by atoms with Gasteiger partial charge >= 0.3 is 0 Å². The maximum absolute atomic E-state index is 13.9. The molecule has 5 rings (SSSR count). The summed E-state index contributed by atoms with van der Waals surface area (Å²) < 4.78 is 1.71. The van der Waals surface area contributed by atoms with Crippen molar-refractivity contribution in [1.82, 2.24) is 15.0 Å². The van der Waals surface area contributed by atoms with Crippen molar-refractivity contribution in [2.24, 2.45) is 5.92 Å². The highest BCUT2D eigenvalue weighted by Gasteiger charge is 2.52. The third-order valence-electron chi connectivity index (χ3n) is 8.08. The SMILES string of the molecule is C[C@H](O)C(=O)Nc1ccc(CN2C(=O)[C@@](O)([C@@H](C)/C=C/CCn3cc(C(CO)c4ccccc4)nn3)c3cc(Cl)ccc32)cc1. The smallest absolute Gasteiger partial charge is 0.264 e. The Labute approximate surface area is 266 Å². The third kappa shape index (κ3) is 6.84. The van der Waals surface area contributed by atoms with E-state index in [1.807, 2.05) is 48.7 Å². The van der Waals surface area contributed by atoms with Crippen LogP contribution in [0.5, 0.6) is 0 Å². The average Bonchev–Trinajstić information content (AvgIpc) is 3.58. The van der Waals surface area contributed by atoms with E-state index in [1.165, 1.54) is 6.92 Å². The van der Waals surface area contributed by atoms with Crippen LogP contribution in [-0.2, 0) is 28.3 Å². The number of allylic oxidation sites excluding steroid dienone is 1. The van der Waals surface area contributed by atoms with Crippen LogP contribution in [0.1, 0.15) is 48.6 Å². The minimum absolute atomic E-state index is 0.0806. The maximum atomic E-state index is 13.9. The summed E-state index contributed by atoms with van der Waals surface area (Å²) in [5, 5.41) is 42.8. The second-order valence-electron chi connectivity index (χ2n) is 11.2. The summed E-state index contributed by atoms with van der Waals surface area (Å²) in [5.41, 5.74) is 2.14. The van der Waals surface area contributed by atoms with Crippen molar-refractivity contribution < 1.29 is 24.9 Å². The second-order valence-corrected chi connectivity index (χ2v) is 11.7. The van der Waals surface area contributed by atoms with Gasteiger partial charge in [0.05, 0.1) is 30.5 Å². The van der Waals surface area contributed by atoms with Crippen molar-refractivity contribution in [3.63, 3.8) is 0 Å². The van der Waals surface area contributed by atoms with E-state index in [0.29, 0.717) is 40.6 Å². The summed E-state index contributed by atoms with van der Waals surface area (Å²) in [6, 6.07) is 21.7. The molecule has 0 aliphatic carbocycles. The highest BCUT2D eigenvalue weighted by atomic mass is 35.5. The molecule has 234 valence electrons. The molecule has 4 aromatic rings. The molecule has 0 saturated heterocycles. The van der Waals surface area contributed by atoms with Gasteiger partial charge < -0.3 is 25.5 Å². The summed E-state index contributed by atoms with van der Waals surface area (Å²) in [5.74, 6) is -1.81. The minimum atomic E-state index is -1.83. The molecule has 0 saturated carbocycles. The molecule has 11 heteroatoms. The van der Waals surface area contributed by atoms with Gasteiger partial charge in [0.15, 0.2) is 5.60 Å². The van der Waals surface area contributed by atoms with E-state index < -0.39 is 29.4 Å². The summed E-state index contributed by atoms with van der Waals surface area (Å²) >= 11 is 6.32. The van der Waals surface area contributed by atoms with Gasteiger partial charge in [0, 0.05) is 34.9 Å². The number of amides is 2. The molecule has 2 heterocycles. The Balaban J connectivity index is 1.27. The number of rotatable bonds is 12. The molecule has 45 heavy (non-hydrogen) atoms. The zero-order chi connectivity index (χ0) is 32.1. The normalized spacial score (nSPS) is 18.2. The molecule has 1 aliphatic rings. The number of hydrogen-bond donors (Lipinski definition) is 4. The summed E-state index contributed by atoms with van der Waals surface area (Å²) in [6.07, 6.45) is 5.00. The topological polar surface area (TPSA) is 141 Å². The first-order chi connectivity index (χ1) is 21.6. The van der Waals surface area contributed by atoms with Crippen molar-refractivity contribution in [2.75, 3.05) is 16.8 Å². The van der Waals surface area contributed by atoms with Gasteiger partial charge in [-0.05, 0) is 54.8 Å². The molecular weight excluding hydrogens is 594 g/mol. The lowest BCUT2D eigenvalue weighted by Crippen LogP contribution is -2.44. The molecule has 1 unspecified atom stereocenters. The summed E-state index contributed by atoms with van der Waals surface area (Å²) in [6.45, 7) is 3.82. The first-order valence-electron chi connectivity index (χ1n) is 14.8.